The summed E-state index contributed by atoms with van der Waals surface area (Å²) in [7, 11) is 0. The van der Waals surface area contributed by atoms with E-state index in [1.165, 1.54) is 12.3 Å². The monoisotopic (exact) mass is 323 g/mol. The van der Waals surface area contributed by atoms with Crippen molar-refractivity contribution in [3.8, 4) is 5.75 Å². The number of nitrogens with zero attached hydrogens (tertiary/aromatic N) is 1. The SMILES string of the molecule is CC1(C)C=Cc2c(cc(C(=O)O)c3c(=O)c4cccnc4oc23)O1. The van der Waals surface area contributed by atoms with Gasteiger partial charge < -0.3 is 14.3 Å². The van der Waals surface area contributed by atoms with Gasteiger partial charge in [-0.05, 0) is 44.2 Å². The summed E-state index contributed by atoms with van der Waals surface area (Å²) in [5.74, 6) is -0.847. The standard InChI is InChI=1S/C18H13NO5/c1-18(2)6-5-9-12(24-18)8-11(17(21)22)13-14(20)10-4-3-7-19-16(10)23-15(9)13/h3-8H,1-2H3,(H,21,22). The first-order chi connectivity index (χ1) is 11.4. The largest absolute Gasteiger partial charge is 0.483 e. The van der Waals surface area contributed by atoms with E-state index in [9.17, 15) is 14.7 Å². The highest BCUT2D eigenvalue weighted by Crippen LogP contribution is 2.37. The lowest BCUT2D eigenvalue weighted by atomic mass is 9.97. The van der Waals surface area contributed by atoms with Gasteiger partial charge in [0, 0.05) is 6.20 Å². The fourth-order valence-electron chi connectivity index (χ4n) is 2.87. The number of hydrogen-bond acceptors (Lipinski definition) is 5. The molecule has 2 aromatic heterocycles. The molecule has 0 saturated heterocycles. The van der Waals surface area contributed by atoms with Gasteiger partial charge in [0.25, 0.3) is 0 Å². The first-order valence-corrected chi connectivity index (χ1v) is 7.37. The minimum absolute atomic E-state index is 0.0229. The molecule has 1 aliphatic rings. The lowest BCUT2D eigenvalue weighted by Gasteiger charge is -2.28. The summed E-state index contributed by atoms with van der Waals surface area (Å²) >= 11 is 0. The van der Waals surface area contributed by atoms with Crippen molar-refractivity contribution in [3.05, 3.63) is 51.8 Å². The van der Waals surface area contributed by atoms with Gasteiger partial charge >= 0.3 is 5.97 Å². The molecule has 0 aliphatic carbocycles. The van der Waals surface area contributed by atoms with Gasteiger partial charge in [-0.3, -0.25) is 4.79 Å². The zero-order valence-electron chi connectivity index (χ0n) is 13.0. The van der Waals surface area contributed by atoms with Crippen LogP contribution in [0.15, 0.2) is 39.7 Å². The number of ether oxygens (including phenoxy) is 1. The van der Waals surface area contributed by atoms with Gasteiger partial charge in [0.05, 0.1) is 21.9 Å². The fourth-order valence-corrected chi connectivity index (χ4v) is 2.87. The minimum Gasteiger partial charge on any atom is -0.483 e. The third-order valence-electron chi connectivity index (χ3n) is 3.98. The van der Waals surface area contributed by atoms with Gasteiger partial charge in [0.2, 0.25) is 11.1 Å². The average Bonchev–Trinajstić information content (AvgIpc) is 2.53. The number of carboxylic acid groups (broad SMARTS) is 1. The van der Waals surface area contributed by atoms with E-state index in [2.05, 4.69) is 4.98 Å². The maximum atomic E-state index is 12.8. The Kier molecular flexibility index (Phi) is 2.81. The Bertz CT molecular complexity index is 1110. The third kappa shape index (κ3) is 2.00. The van der Waals surface area contributed by atoms with Gasteiger partial charge in [-0.25, -0.2) is 9.78 Å². The molecule has 0 bridgehead atoms. The van der Waals surface area contributed by atoms with Crippen LogP contribution in [0.5, 0.6) is 5.75 Å². The summed E-state index contributed by atoms with van der Waals surface area (Å²) < 4.78 is 11.6. The molecule has 24 heavy (non-hydrogen) atoms. The molecule has 1 aromatic carbocycles. The average molecular weight is 323 g/mol. The number of rotatable bonds is 1. The van der Waals surface area contributed by atoms with E-state index in [1.54, 1.807) is 18.2 Å². The van der Waals surface area contributed by atoms with Gasteiger partial charge in [-0.2, -0.15) is 0 Å². The van der Waals surface area contributed by atoms with Crippen LogP contribution in [0.1, 0.15) is 29.8 Å². The molecule has 0 unspecified atom stereocenters. The van der Waals surface area contributed by atoms with Crippen LogP contribution < -0.4 is 10.2 Å². The number of carboxylic acids is 1. The van der Waals surface area contributed by atoms with Crippen LogP contribution in [0.25, 0.3) is 28.1 Å². The van der Waals surface area contributed by atoms with Gasteiger partial charge in [-0.15, -0.1) is 0 Å². The van der Waals surface area contributed by atoms with E-state index in [0.29, 0.717) is 11.3 Å². The Morgan fingerprint density at radius 3 is 2.88 bits per heavy atom. The number of fused-ring (bicyclic) bond motifs is 4. The van der Waals surface area contributed by atoms with Crippen LogP contribution in [-0.2, 0) is 0 Å². The second kappa shape index (κ2) is 4.67. The van der Waals surface area contributed by atoms with E-state index >= 15 is 0 Å². The van der Waals surface area contributed by atoms with Crippen LogP contribution in [0, 0.1) is 0 Å². The Morgan fingerprint density at radius 2 is 2.12 bits per heavy atom. The van der Waals surface area contributed by atoms with Crippen molar-refractivity contribution < 1.29 is 19.1 Å². The highest BCUT2D eigenvalue weighted by molar-refractivity contribution is 6.07. The molecular formula is C18H13NO5. The summed E-state index contributed by atoms with van der Waals surface area (Å²) in [6, 6.07) is 4.55. The first kappa shape index (κ1) is 14.4. The Hall–Kier alpha value is -3.15. The van der Waals surface area contributed by atoms with Gasteiger partial charge in [0.1, 0.15) is 11.4 Å². The molecule has 0 saturated carbocycles. The molecule has 3 aromatic rings. The van der Waals surface area contributed by atoms with Gasteiger partial charge in [0.15, 0.2) is 5.58 Å². The topological polar surface area (TPSA) is 89.6 Å². The molecule has 3 heterocycles. The molecule has 1 aliphatic heterocycles. The highest BCUT2D eigenvalue weighted by Gasteiger charge is 2.28. The normalized spacial score (nSPS) is 15.2. The summed E-state index contributed by atoms with van der Waals surface area (Å²) in [6.45, 7) is 3.71. The van der Waals surface area contributed by atoms with Crippen molar-refractivity contribution in [1.82, 2.24) is 4.98 Å². The van der Waals surface area contributed by atoms with Crippen LogP contribution in [0.3, 0.4) is 0 Å². The predicted octanol–water partition coefficient (Wildman–Crippen LogP) is 3.22. The highest BCUT2D eigenvalue weighted by atomic mass is 16.5. The second-order valence-electron chi connectivity index (χ2n) is 6.17. The van der Waals surface area contributed by atoms with Crippen LogP contribution >= 0.6 is 0 Å². The fraction of sp³-hybridized carbons (Fsp3) is 0.167. The molecule has 0 spiro atoms. The number of aromatic nitrogens is 1. The van der Waals surface area contributed by atoms with Crippen molar-refractivity contribution in [2.75, 3.05) is 0 Å². The van der Waals surface area contributed by atoms with Gasteiger partial charge in [-0.1, -0.05) is 0 Å². The third-order valence-corrected chi connectivity index (χ3v) is 3.98. The first-order valence-electron chi connectivity index (χ1n) is 7.37. The zero-order chi connectivity index (χ0) is 17.1. The second-order valence-corrected chi connectivity index (χ2v) is 6.17. The quantitative estimate of drug-likeness (QED) is 0.692. The van der Waals surface area contributed by atoms with Crippen molar-refractivity contribution >= 4 is 34.1 Å². The molecule has 0 radical (unpaired) electrons. The molecule has 4 rings (SSSR count). The molecular weight excluding hydrogens is 310 g/mol. The molecule has 0 atom stereocenters. The van der Waals surface area contributed by atoms with Crippen molar-refractivity contribution in [1.29, 1.82) is 0 Å². The lowest BCUT2D eigenvalue weighted by molar-refractivity contribution is 0.0697. The van der Waals surface area contributed by atoms with Crippen LogP contribution in [0.2, 0.25) is 0 Å². The molecule has 0 amide bonds. The maximum absolute atomic E-state index is 12.8. The van der Waals surface area contributed by atoms with Crippen molar-refractivity contribution in [3.63, 3.8) is 0 Å². The molecule has 6 nitrogen and oxygen atoms in total. The zero-order valence-corrected chi connectivity index (χ0v) is 13.0. The summed E-state index contributed by atoms with van der Waals surface area (Å²) in [6.07, 6.45) is 5.13. The molecule has 1 N–H and O–H groups in total. The Balaban J connectivity index is 2.23. The van der Waals surface area contributed by atoms with E-state index < -0.39 is 17.0 Å². The lowest BCUT2D eigenvalue weighted by Crippen LogP contribution is -2.28. The van der Waals surface area contributed by atoms with E-state index in [4.69, 9.17) is 9.15 Å². The molecule has 0 fully saturated rings. The number of carbonyl (C=O) groups is 1. The molecule has 6 heteroatoms. The summed E-state index contributed by atoms with van der Waals surface area (Å²) in [5, 5.41) is 9.81. The smallest absolute Gasteiger partial charge is 0.336 e. The van der Waals surface area contributed by atoms with Crippen molar-refractivity contribution in [2.45, 2.75) is 19.4 Å². The maximum Gasteiger partial charge on any atom is 0.336 e. The van der Waals surface area contributed by atoms with Crippen LogP contribution in [0.4, 0.5) is 0 Å². The summed E-state index contributed by atoms with van der Waals surface area (Å²) in [5.41, 5.74) is -0.261. The number of hydrogen-bond donors (Lipinski definition) is 1. The summed E-state index contributed by atoms with van der Waals surface area (Å²) in [4.78, 5) is 28.5. The predicted molar refractivity (Wildman–Crippen MR) is 88.5 cm³/mol. The number of benzene rings is 1. The number of aromatic carboxylic acids is 1. The van der Waals surface area contributed by atoms with E-state index in [-0.39, 0.29) is 27.6 Å². The minimum atomic E-state index is -1.21. The van der Waals surface area contributed by atoms with Crippen LogP contribution in [-0.4, -0.2) is 21.7 Å². The van der Waals surface area contributed by atoms with E-state index in [0.717, 1.165) is 0 Å². The van der Waals surface area contributed by atoms with Crippen molar-refractivity contribution in [2.24, 2.45) is 0 Å². The number of pyridine rings is 1. The van der Waals surface area contributed by atoms with E-state index in [1.807, 2.05) is 19.9 Å². The Labute approximate surface area is 136 Å². The molecule has 120 valence electrons. The Morgan fingerprint density at radius 1 is 1.33 bits per heavy atom.